The fourth-order valence-corrected chi connectivity index (χ4v) is 1.51. The van der Waals surface area contributed by atoms with Crippen molar-refractivity contribution in [3.05, 3.63) is 0 Å². The molecule has 0 heterocycles. The number of hydrogen-bond donors (Lipinski definition) is 3. The topological polar surface area (TPSA) is 105 Å². The Labute approximate surface area is 119 Å². The van der Waals surface area contributed by atoms with Gasteiger partial charge in [-0.25, -0.2) is 4.79 Å². The maximum Gasteiger partial charge on any atom is 0.407 e. The molecule has 7 heteroatoms. The molecule has 0 spiro atoms. The molecule has 0 aliphatic rings. The predicted octanol–water partition coefficient (Wildman–Crippen LogP) is 0.356. The number of aliphatic hydroxyl groups excluding tert-OH is 1. The lowest BCUT2D eigenvalue weighted by molar-refractivity contribution is -0.131. The van der Waals surface area contributed by atoms with Crippen LogP contribution in [0.1, 0.15) is 40.5 Å². The van der Waals surface area contributed by atoms with E-state index < -0.39 is 29.7 Å². The molecule has 0 fully saturated rings. The van der Waals surface area contributed by atoms with Crippen molar-refractivity contribution in [2.45, 2.75) is 58.3 Å². The van der Waals surface area contributed by atoms with Crippen LogP contribution in [0, 0.1) is 0 Å². The predicted molar refractivity (Wildman–Crippen MR) is 73.1 cm³/mol. The number of nitrogens with one attached hydrogen (secondary N) is 2. The van der Waals surface area contributed by atoms with Gasteiger partial charge in [0.25, 0.3) is 5.91 Å². The molecule has 2 unspecified atom stereocenters. The van der Waals surface area contributed by atoms with Gasteiger partial charge >= 0.3 is 6.09 Å². The molecule has 2 atom stereocenters. The molecule has 0 bridgehead atoms. The number of carbonyl (C=O) groups is 3. The van der Waals surface area contributed by atoms with Gasteiger partial charge in [0.1, 0.15) is 11.9 Å². The molecule has 0 rings (SSSR count). The van der Waals surface area contributed by atoms with Crippen LogP contribution in [0.15, 0.2) is 0 Å². The summed E-state index contributed by atoms with van der Waals surface area (Å²) in [7, 11) is 0. The number of amides is 2. The average molecular weight is 288 g/mol. The second-order valence-corrected chi connectivity index (χ2v) is 5.40. The fraction of sp³-hybridized carbons (Fsp3) is 0.769. The molecule has 0 radical (unpaired) electrons. The van der Waals surface area contributed by atoms with Crippen LogP contribution in [0.5, 0.6) is 0 Å². The molecule has 0 saturated heterocycles. The van der Waals surface area contributed by atoms with Crippen molar-refractivity contribution in [2.24, 2.45) is 0 Å². The third-order valence-corrected chi connectivity index (χ3v) is 2.31. The quantitative estimate of drug-likeness (QED) is 0.587. The van der Waals surface area contributed by atoms with E-state index in [0.717, 1.165) is 0 Å². The molecule has 0 aromatic carbocycles. The van der Waals surface area contributed by atoms with Crippen molar-refractivity contribution in [2.75, 3.05) is 6.54 Å². The van der Waals surface area contributed by atoms with Crippen molar-refractivity contribution >= 4 is 18.3 Å². The van der Waals surface area contributed by atoms with Crippen LogP contribution in [0.4, 0.5) is 4.79 Å². The Morgan fingerprint density at radius 1 is 1.35 bits per heavy atom. The van der Waals surface area contributed by atoms with Crippen molar-refractivity contribution < 1.29 is 24.2 Å². The Bertz CT molecular complexity index is 338. The zero-order chi connectivity index (χ0) is 15.8. The molecular formula is C13H24N2O5. The van der Waals surface area contributed by atoms with Crippen LogP contribution in [-0.4, -0.2) is 47.7 Å². The highest BCUT2D eigenvalue weighted by Gasteiger charge is 2.28. The summed E-state index contributed by atoms with van der Waals surface area (Å²) in [6.07, 6.45) is -0.533. The molecule has 0 aromatic heterocycles. The first-order valence-corrected chi connectivity index (χ1v) is 6.60. The molecule has 0 aromatic rings. The van der Waals surface area contributed by atoms with Gasteiger partial charge < -0.3 is 25.3 Å². The van der Waals surface area contributed by atoms with Crippen molar-refractivity contribution in [3.8, 4) is 0 Å². The van der Waals surface area contributed by atoms with E-state index in [1.807, 2.05) is 6.92 Å². The first kappa shape index (κ1) is 18.4. The average Bonchev–Trinajstić information content (AvgIpc) is 2.32. The maximum atomic E-state index is 11.7. The van der Waals surface area contributed by atoms with Gasteiger partial charge in [-0.15, -0.1) is 0 Å². The summed E-state index contributed by atoms with van der Waals surface area (Å²) >= 11 is 0. The van der Waals surface area contributed by atoms with Crippen molar-refractivity contribution in [3.63, 3.8) is 0 Å². The van der Waals surface area contributed by atoms with Gasteiger partial charge in [-0.3, -0.25) is 4.79 Å². The van der Waals surface area contributed by atoms with E-state index in [1.165, 1.54) is 0 Å². The van der Waals surface area contributed by atoms with Gasteiger partial charge in [-0.2, -0.15) is 0 Å². The number of alkyl carbamates (subject to hydrolysis) is 1. The highest BCUT2D eigenvalue weighted by molar-refractivity contribution is 5.83. The second kappa shape index (κ2) is 8.52. The number of ether oxygens (including phenoxy) is 1. The van der Waals surface area contributed by atoms with Crippen LogP contribution in [0.2, 0.25) is 0 Å². The van der Waals surface area contributed by atoms with Gasteiger partial charge in [0.05, 0.1) is 12.6 Å². The van der Waals surface area contributed by atoms with Crippen LogP contribution < -0.4 is 10.6 Å². The van der Waals surface area contributed by atoms with E-state index in [4.69, 9.17) is 4.74 Å². The fourth-order valence-electron chi connectivity index (χ4n) is 1.51. The lowest BCUT2D eigenvalue weighted by atomic mass is 10.1. The number of hydrogen-bond acceptors (Lipinski definition) is 5. The Balaban J connectivity index is 4.58. The summed E-state index contributed by atoms with van der Waals surface area (Å²) in [4.78, 5) is 33.4. The normalized spacial score (nSPS) is 14.1. The molecule has 0 aliphatic heterocycles. The highest BCUT2D eigenvalue weighted by atomic mass is 16.6. The summed E-state index contributed by atoms with van der Waals surface area (Å²) in [5.74, 6) is -0.702. The van der Waals surface area contributed by atoms with Crippen LogP contribution in [0.25, 0.3) is 0 Å². The molecule has 0 aliphatic carbocycles. The van der Waals surface area contributed by atoms with Gasteiger partial charge in [0.2, 0.25) is 0 Å². The number of aliphatic hydroxyl groups is 1. The first-order chi connectivity index (χ1) is 9.21. The van der Waals surface area contributed by atoms with Gasteiger partial charge in [-0.1, -0.05) is 13.3 Å². The second-order valence-electron chi connectivity index (χ2n) is 5.40. The summed E-state index contributed by atoms with van der Waals surface area (Å²) in [5, 5.41) is 14.6. The van der Waals surface area contributed by atoms with Gasteiger partial charge in [-0.05, 0) is 27.2 Å². The van der Waals surface area contributed by atoms with E-state index >= 15 is 0 Å². The molecule has 0 saturated carbocycles. The number of aldehydes is 1. The standard InChI is InChI=1S/C13H24N2O5/c1-5-6-9(10(17)11(18)14-7-8-16)15-12(19)20-13(2,3)4/h8-10,17H,5-7H2,1-4H3,(H,14,18)(H,15,19). The summed E-state index contributed by atoms with van der Waals surface area (Å²) in [6, 6.07) is -0.762. The zero-order valence-electron chi connectivity index (χ0n) is 12.4. The Morgan fingerprint density at radius 3 is 2.40 bits per heavy atom. The Hall–Kier alpha value is -1.63. The molecule has 116 valence electrons. The van der Waals surface area contributed by atoms with E-state index in [9.17, 15) is 19.5 Å². The zero-order valence-corrected chi connectivity index (χ0v) is 12.4. The number of carbonyl (C=O) groups excluding carboxylic acids is 3. The van der Waals surface area contributed by atoms with E-state index in [1.54, 1.807) is 20.8 Å². The smallest absolute Gasteiger partial charge is 0.407 e. The molecule has 2 amide bonds. The summed E-state index contributed by atoms with van der Waals surface area (Å²) in [6.45, 7) is 6.83. The van der Waals surface area contributed by atoms with E-state index in [2.05, 4.69) is 10.6 Å². The van der Waals surface area contributed by atoms with Crippen molar-refractivity contribution in [1.82, 2.24) is 10.6 Å². The van der Waals surface area contributed by atoms with Crippen molar-refractivity contribution in [1.29, 1.82) is 0 Å². The Morgan fingerprint density at radius 2 is 1.95 bits per heavy atom. The molecule has 3 N–H and O–H groups in total. The SMILES string of the molecule is CCCC(NC(=O)OC(C)(C)C)C(O)C(=O)NCC=O. The van der Waals surface area contributed by atoms with E-state index in [0.29, 0.717) is 19.1 Å². The van der Waals surface area contributed by atoms with Gasteiger partial charge in [0.15, 0.2) is 6.10 Å². The minimum absolute atomic E-state index is 0.179. The van der Waals surface area contributed by atoms with Crippen LogP contribution >= 0.6 is 0 Å². The molecule has 7 nitrogen and oxygen atoms in total. The first-order valence-electron chi connectivity index (χ1n) is 6.60. The van der Waals surface area contributed by atoms with Gasteiger partial charge in [0, 0.05) is 0 Å². The minimum Gasteiger partial charge on any atom is -0.444 e. The monoisotopic (exact) mass is 288 g/mol. The lowest BCUT2D eigenvalue weighted by Gasteiger charge is -2.25. The third-order valence-electron chi connectivity index (χ3n) is 2.31. The maximum absolute atomic E-state index is 11.7. The minimum atomic E-state index is -1.43. The highest BCUT2D eigenvalue weighted by Crippen LogP contribution is 2.09. The van der Waals surface area contributed by atoms with Crippen LogP contribution in [-0.2, 0) is 14.3 Å². The molecular weight excluding hydrogens is 264 g/mol. The largest absolute Gasteiger partial charge is 0.444 e. The number of rotatable bonds is 7. The van der Waals surface area contributed by atoms with Crippen LogP contribution in [0.3, 0.4) is 0 Å². The van der Waals surface area contributed by atoms with E-state index in [-0.39, 0.29) is 6.54 Å². The Kier molecular flexibility index (Phi) is 7.83. The molecule has 20 heavy (non-hydrogen) atoms. The third kappa shape index (κ3) is 7.73. The summed E-state index contributed by atoms with van der Waals surface area (Å²) in [5.41, 5.74) is -0.661. The summed E-state index contributed by atoms with van der Waals surface area (Å²) < 4.78 is 5.08. The lowest BCUT2D eigenvalue weighted by Crippen LogP contribution is -2.51.